The van der Waals surface area contributed by atoms with E-state index in [2.05, 4.69) is 26.2 Å². The summed E-state index contributed by atoms with van der Waals surface area (Å²) in [5.74, 6) is 0.259. The molecule has 0 saturated heterocycles. The molecule has 0 fully saturated rings. The Labute approximate surface area is 107 Å². The fourth-order valence-electron chi connectivity index (χ4n) is 1.41. The molecule has 3 N–H and O–H groups in total. The highest BCUT2D eigenvalue weighted by molar-refractivity contribution is 9.10. The third kappa shape index (κ3) is 2.74. The molecule has 17 heavy (non-hydrogen) atoms. The van der Waals surface area contributed by atoms with Gasteiger partial charge < -0.3 is 11.1 Å². The molecule has 2 aromatic rings. The Bertz CT molecular complexity index is 508. The molecule has 0 amide bonds. The largest absolute Gasteiger partial charge is 0.396 e. The van der Waals surface area contributed by atoms with Gasteiger partial charge in [-0.05, 0) is 52.7 Å². The Hall–Kier alpha value is -1.62. The lowest BCUT2D eigenvalue weighted by Crippen LogP contribution is -2.00. The summed E-state index contributed by atoms with van der Waals surface area (Å²) in [6.07, 6.45) is 1.72. The lowest BCUT2D eigenvalue weighted by Gasteiger charge is -2.10. The van der Waals surface area contributed by atoms with Gasteiger partial charge in [-0.1, -0.05) is 0 Å². The highest BCUT2D eigenvalue weighted by Crippen LogP contribution is 2.28. The maximum absolute atomic E-state index is 12.9. The molecule has 3 nitrogen and oxygen atoms in total. The standard InChI is InChI=1S/C12H11BrFN3/c1-7-4-10(15)12(16-6-7)17-11-3-2-8(14)5-9(11)13/h2-6H,15H2,1H3,(H,16,17). The molecule has 1 heterocycles. The number of nitrogens with one attached hydrogen (secondary N) is 1. The van der Waals surface area contributed by atoms with Crippen molar-refractivity contribution < 1.29 is 4.39 Å². The summed E-state index contributed by atoms with van der Waals surface area (Å²) in [4.78, 5) is 4.19. The summed E-state index contributed by atoms with van der Waals surface area (Å²) in [6, 6.07) is 6.21. The molecule has 1 aromatic carbocycles. The van der Waals surface area contributed by atoms with Crippen LogP contribution in [-0.2, 0) is 0 Å². The first-order valence-electron chi connectivity index (χ1n) is 5.00. The zero-order valence-corrected chi connectivity index (χ0v) is 10.8. The summed E-state index contributed by atoms with van der Waals surface area (Å²) in [5.41, 5.74) is 8.10. The van der Waals surface area contributed by atoms with Gasteiger partial charge in [-0.2, -0.15) is 0 Å². The minimum atomic E-state index is -0.299. The Kier molecular flexibility index (Phi) is 3.28. The number of nitrogens with zero attached hydrogens (tertiary/aromatic N) is 1. The predicted octanol–water partition coefficient (Wildman–Crippen LogP) is 3.62. The molecular weight excluding hydrogens is 285 g/mol. The summed E-state index contributed by atoms with van der Waals surface area (Å²) < 4.78 is 13.5. The first-order chi connectivity index (χ1) is 8.06. The Balaban J connectivity index is 2.31. The van der Waals surface area contributed by atoms with Crippen LogP contribution in [0.4, 0.5) is 21.6 Å². The van der Waals surface area contributed by atoms with E-state index in [0.29, 0.717) is 16.0 Å². The highest BCUT2D eigenvalue weighted by Gasteiger charge is 2.05. The number of hydrogen-bond acceptors (Lipinski definition) is 3. The third-order valence-electron chi connectivity index (χ3n) is 2.24. The molecule has 2 rings (SSSR count). The van der Waals surface area contributed by atoms with Crippen molar-refractivity contribution in [1.29, 1.82) is 0 Å². The van der Waals surface area contributed by atoms with Crippen molar-refractivity contribution in [2.75, 3.05) is 11.1 Å². The molecule has 0 atom stereocenters. The molecule has 0 radical (unpaired) electrons. The average molecular weight is 296 g/mol. The summed E-state index contributed by atoms with van der Waals surface area (Å²) in [5, 5.41) is 3.05. The number of aryl methyl sites for hydroxylation is 1. The third-order valence-corrected chi connectivity index (χ3v) is 2.89. The molecule has 0 unspecified atom stereocenters. The molecule has 0 aliphatic heterocycles. The van der Waals surface area contributed by atoms with Crippen LogP contribution in [0.25, 0.3) is 0 Å². The minimum absolute atomic E-state index is 0.299. The number of pyridine rings is 1. The minimum Gasteiger partial charge on any atom is -0.396 e. The lowest BCUT2D eigenvalue weighted by molar-refractivity contribution is 0.627. The fourth-order valence-corrected chi connectivity index (χ4v) is 1.86. The van der Waals surface area contributed by atoms with Crippen molar-refractivity contribution >= 4 is 33.1 Å². The van der Waals surface area contributed by atoms with Gasteiger partial charge in [-0.3, -0.25) is 0 Å². The van der Waals surface area contributed by atoms with Crippen molar-refractivity contribution in [2.45, 2.75) is 6.92 Å². The van der Waals surface area contributed by atoms with E-state index in [-0.39, 0.29) is 5.82 Å². The van der Waals surface area contributed by atoms with Gasteiger partial charge in [0.1, 0.15) is 5.82 Å². The highest BCUT2D eigenvalue weighted by atomic mass is 79.9. The van der Waals surface area contributed by atoms with Gasteiger partial charge >= 0.3 is 0 Å². The monoisotopic (exact) mass is 295 g/mol. The summed E-state index contributed by atoms with van der Waals surface area (Å²) in [7, 11) is 0. The number of benzene rings is 1. The number of hydrogen-bond donors (Lipinski definition) is 2. The van der Waals surface area contributed by atoms with Gasteiger partial charge in [0.05, 0.1) is 11.4 Å². The first kappa shape index (κ1) is 11.9. The van der Waals surface area contributed by atoms with E-state index in [4.69, 9.17) is 5.73 Å². The van der Waals surface area contributed by atoms with Crippen LogP contribution in [0.15, 0.2) is 34.9 Å². The molecular formula is C12H11BrFN3. The van der Waals surface area contributed by atoms with Crippen LogP contribution in [0.3, 0.4) is 0 Å². The zero-order chi connectivity index (χ0) is 12.4. The second-order valence-corrected chi connectivity index (χ2v) is 4.55. The number of rotatable bonds is 2. The second-order valence-electron chi connectivity index (χ2n) is 3.70. The van der Waals surface area contributed by atoms with E-state index in [0.717, 1.165) is 11.3 Å². The topological polar surface area (TPSA) is 50.9 Å². The smallest absolute Gasteiger partial charge is 0.153 e. The van der Waals surface area contributed by atoms with Gasteiger partial charge in [0.15, 0.2) is 5.82 Å². The van der Waals surface area contributed by atoms with E-state index in [1.807, 2.05) is 13.0 Å². The van der Waals surface area contributed by atoms with Crippen molar-refractivity contribution in [2.24, 2.45) is 0 Å². The van der Waals surface area contributed by atoms with Gasteiger partial charge in [-0.25, -0.2) is 9.37 Å². The van der Waals surface area contributed by atoms with E-state index in [1.165, 1.54) is 12.1 Å². The van der Waals surface area contributed by atoms with Crippen LogP contribution < -0.4 is 11.1 Å². The molecule has 0 spiro atoms. The van der Waals surface area contributed by atoms with Gasteiger partial charge in [0, 0.05) is 10.7 Å². The van der Waals surface area contributed by atoms with Crippen molar-refractivity contribution in [1.82, 2.24) is 4.98 Å². The van der Waals surface area contributed by atoms with Crippen LogP contribution in [0.2, 0.25) is 0 Å². The zero-order valence-electron chi connectivity index (χ0n) is 9.17. The van der Waals surface area contributed by atoms with E-state index >= 15 is 0 Å². The van der Waals surface area contributed by atoms with Crippen molar-refractivity contribution in [3.63, 3.8) is 0 Å². The molecule has 5 heteroatoms. The lowest BCUT2D eigenvalue weighted by atomic mass is 10.2. The van der Waals surface area contributed by atoms with Crippen LogP contribution in [0, 0.1) is 12.7 Å². The Morgan fingerprint density at radius 2 is 2.12 bits per heavy atom. The number of anilines is 3. The van der Waals surface area contributed by atoms with Crippen LogP contribution in [0.5, 0.6) is 0 Å². The van der Waals surface area contributed by atoms with Crippen molar-refractivity contribution in [3.05, 3.63) is 46.3 Å². The molecule has 0 aliphatic rings. The van der Waals surface area contributed by atoms with Gasteiger partial charge in [0.2, 0.25) is 0 Å². The number of nitrogen functional groups attached to an aromatic ring is 1. The average Bonchev–Trinajstić information content (AvgIpc) is 2.25. The van der Waals surface area contributed by atoms with Crippen LogP contribution >= 0.6 is 15.9 Å². The quantitative estimate of drug-likeness (QED) is 0.890. The molecule has 0 bridgehead atoms. The van der Waals surface area contributed by atoms with Gasteiger partial charge in [-0.15, -0.1) is 0 Å². The first-order valence-corrected chi connectivity index (χ1v) is 5.80. The molecule has 1 aromatic heterocycles. The maximum atomic E-state index is 12.9. The van der Waals surface area contributed by atoms with Crippen LogP contribution in [-0.4, -0.2) is 4.98 Å². The summed E-state index contributed by atoms with van der Waals surface area (Å²) in [6.45, 7) is 1.92. The SMILES string of the molecule is Cc1cnc(Nc2ccc(F)cc2Br)c(N)c1. The van der Waals surface area contributed by atoms with E-state index < -0.39 is 0 Å². The second kappa shape index (κ2) is 4.71. The molecule has 88 valence electrons. The number of halogens is 2. The molecule has 0 saturated carbocycles. The van der Waals surface area contributed by atoms with E-state index in [9.17, 15) is 4.39 Å². The van der Waals surface area contributed by atoms with Crippen LogP contribution in [0.1, 0.15) is 5.56 Å². The Morgan fingerprint density at radius 1 is 1.35 bits per heavy atom. The number of aromatic nitrogens is 1. The fraction of sp³-hybridized carbons (Fsp3) is 0.0833. The maximum Gasteiger partial charge on any atom is 0.153 e. The molecule has 0 aliphatic carbocycles. The Morgan fingerprint density at radius 3 is 2.76 bits per heavy atom. The number of nitrogens with two attached hydrogens (primary N) is 1. The predicted molar refractivity (Wildman–Crippen MR) is 70.8 cm³/mol. The summed E-state index contributed by atoms with van der Waals surface area (Å²) >= 11 is 3.27. The van der Waals surface area contributed by atoms with E-state index in [1.54, 1.807) is 12.3 Å². The normalized spacial score (nSPS) is 10.3. The van der Waals surface area contributed by atoms with Gasteiger partial charge in [0.25, 0.3) is 0 Å². The van der Waals surface area contributed by atoms with Crippen molar-refractivity contribution in [3.8, 4) is 0 Å².